The Morgan fingerprint density at radius 1 is 1.55 bits per heavy atom. The van der Waals surface area contributed by atoms with Crippen molar-refractivity contribution in [2.45, 2.75) is 12.8 Å². The van der Waals surface area contributed by atoms with Gasteiger partial charge in [0.05, 0.1) is 0 Å². The molecule has 0 spiro atoms. The van der Waals surface area contributed by atoms with E-state index >= 15 is 0 Å². The van der Waals surface area contributed by atoms with Gasteiger partial charge in [-0.3, -0.25) is 4.98 Å². The number of pyridine rings is 1. The summed E-state index contributed by atoms with van der Waals surface area (Å²) in [6.45, 7) is 0.737. The Bertz CT molecular complexity index is 225. The number of halogens is 1. The first kappa shape index (κ1) is 8.68. The highest BCUT2D eigenvalue weighted by atomic mass is 79.9. The molecule has 60 valence electrons. The van der Waals surface area contributed by atoms with E-state index in [1.807, 2.05) is 12.3 Å². The van der Waals surface area contributed by atoms with Crippen molar-refractivity contribution in [3.05, 3.63) is 28.5 Å². The van der Waals surface area contributed by atoms with Gasteiger partial charge in [-0.25, -0.2) is 0 Å². The topological polar surface area (TPSA) is 38.9 Å². The summed E-state index contributed by atoms with van der Waals surface area (Å²) in [6, 6.07) is 1.95. The summed E-state index contributed by atoms with van der Waals surface area (Å²) in [7, 11) is 0. The Balaban J connectivity index is 2.62. The van der Waals surface area contributed by atoms with Gasteiger partial charge in [0, 0.05) is 16.9 Å². The standard InChI is InChI=1S/C8H11BrN2/c9-8-3-5-11-6-7(8)2-1-4-10/h3,5-6H,1-2,4,10H2. The molecular formula is C8H11BrN2. The fraction of sp³-hybridized carbons (Fsp3) is 0.375. The number of aromatic nitrogens is 1. The third-order valence-electron chi connectivity index (χ3n) is 1.49. The van der Waals surface area contributed by atoms with Crippen LogP contribution < -0.4 is 5.73 Å². The average Bonchev–Trinajstić information content (AvgIpc) is 2.03. The van der Waals surface area contributed by atoms with E-state index in [-0.39, 0.29) is 0 Å². The molecule has 0 atom stereocenters. The number of nitrogens with zero attached hydrogens (tertiary/aromatic N) is 1. The SMILES string of the molecule is NCCCc1cnccc1Br. The maximum Gasteiger partial charge on any atom is 0.0311 e. The number of hydrogen-bond acceptors (Lipinski definition) is 2. The zero-order valence-corrected chi connectivity index (χ0v) is 7.84. The number of hydrogen-bond donors (Lipinski definition) is 1. The van der Waals surface area contributed by atoms with E-state index in [1.165, 1.54) is 5.56 Å². The van der Waals surface area contributed by atoms with Crippen LogP contribution in [0.2, 0.25) is 0 Å². The second kappa shape index (κ2) is 4.46. The zero-order chi connectivity index (χ0) is 8.10. The first-order chi connectivity index (χ1) is 5.34. The molecule has 2 nitrogen and oxygen atoms in total. The molecule has 0 bridgehead atoms. The highest BCUT2D eigenvalue weighted by Crippen LogP contribution is 2.15. The van der Waals surface area contributed by atoms with Crippen LogP contribution in [0.1, 0.15) is 12.0 Å². The van der Waals surface area contributed by atoms with Crippen LogP contribution in [0.5, 0.6) is 0 Å². The predicted molar refractivity (Wildman–Crippen MR) is 49.3 cm³/mol. The highest BCUT2D eigenvalue weighted by Gasteiger charge is 1.96. The normalized spacial score (nSPS) is 10.0. The molecule has 1 heterocycles. The van der Waals surface area contributed by atoms with E-state index in [9.17, 15) is 0 Å². The monoisotopic (exact) mass is 214 g/mol. The van der Waals surface area contributed by atoms with E-state index < -0.39 is 0 Å². The van der Waals surface area contributed by atoms with Crippen LogP contribution in [0.4, 0.5) is 0 Å². The molecule has 0 saturated heterocycles. The number of rotatable bonds is 3. The lowest BCUT2D eigenvalue weighted by atomic mass is 10.2. The zero-order valence-electron chi connectivity index (χ0n) is 6.26. The molecule has 11 heavy (non-hydrogen) atoms. The van der Waals surface area contributed by atoms with E-state index in [2.05, 4.69) is 20.9 Å². The summed E-state index contributed by atoms with van der Waals surface area (Å²) in [6.07, 6.45) is 5.67. The maximum atomic E-state index is 5.39. The first-order valence-corrected chi connectivity index (χ1v) is 4.42. The van der Waals surface area contributed by atoms with Crippen molar-refractivity contribution in [3.8, 4) is 0 Å². The van der Waals surface area contributed by atoms with Crippen molar-refractivity contribution >= 4 is 15.9 Å². The highest BCUT2D eigenvalue weighted by molar-refractivity contribution is 9.10. The lowest BCUT2D eigenvalue weighted by Crippen LogP contribution is -2.00. The average molecular weight is 215 g/mol. The maximum absolute atomic E-state index is 5.39. The van der Waals surface area contributed by atoms with Crippen molar-refractivity contribution < 1.29 is 0 Å². The van der Waals surface area contributed by atoms with Crippen LogP contribution in [0.3, 0.4) is 0 Å². The number of aryl methyl sites for hydroxylation is 1. The van der Waals surface area contributed by atoms with Gasteiger partial charge in [0.15, 0.2) is 0 Å². The summed E-state index contributed by atoms with van der Waals surface area (Å²) in [5.74, 6) is 0. The molecule has 0 aromatic carbocycles. The minimum atomic E-state index is 0.737. The van der Waals surface area contributed by atoms with Crippen LogP contribution in [0.15, 0.2) is 22.9 Å². The van der Waals surface area contributed by atoms with Gasteiger partial charge in [-0.15, -0.1) is 0 Å². The molecule has 0 radical (unpaired) electrons. The second-order valence-electron chi connectivity index (χ2n) is 2.36. The van der Waals surface area contributed by atoms with Gasteiger partial charge in [-0.1, -0.05) is 15.9 Å². The molecule has 1 rings (SSSR count). The largest absolute Gasteiger partial charge is 0.330 e. The molecular weight excluding hydrogens is 204 g/mol. The van der Waals surface area contributed by atoms with Gasteiger partial charge in [0.25, 0.3) is 0 Å². The molecule has 1 aromatic rings. The van der Waals surface area contributed by atoms with Crippen LogP contribution in [-0.4, -0.2) is 11.5 Å². The molecule has 0 fully saturated rings. The predicted octanol–water partition coefficient (Wildman–Crippen LogP) is 1.74. The van der Waals surface area contributed by atoms with E-state index in [0.717, 1.165) is 23.9 Å². The first-order valence-electron chi connectivity index (χ1n) is 3.63. The van der Waals surface area contributed by atoms with Crippen molar-refractivity contribution in [3.63, 3.8) is 0 Å². The number of nitrogens with two attached hydrogens (primary N) is 1. The fourth-order valence-electron chi connectivity index (χ4n) is 0.887. The van der Waals surface area contributed by atoms with Gasteiger partial charge < -0.3 is 5.73 Å². The summed E-state index contributed by atoms with van der Waals surface area (Å²) >= 11 is 3.45. The van der Waals surface area contributed by atoms with Crippen molar-refractivity contribution in [2.24, 2.45) is 5.73 Å². The van der Waals surface area contributed by atoms with Crippen LogP contribution in [-0.2, 0) is 6.42 Å². The third-order valence-corrected chi connectivity index (χ3v) is 2.27. The Labute approximate surface area is 75.0 Å². The molecule has 0 amide bonds. The minimum absolute atomic E-state index is 0.737. The summed E-state index contributed by atoms with van der Waals surface area (Å²) < 4.78 is 1.13. The van der Waals surface area contributed by atoms with Crippen molar-refractivity contribution in [2.75, 3.05) is 6.54 Å². The Morgan fingerprint density at radius 2 is 2.36 bits per heavy atom. The van der Waals surface area contributed by atoms with Gasteiger partial charge in [-0.2, -0.15) is 0 Å². The Hall–Kier alpha value is -0.410. The smallest absolute Gasteiger partial charge is 0.0311 e. The quantitative estimate of drug-likeness (QED) is 0.833. The summed E-state index contributed by atoms with van der Waals surface area (Å²) in [4.78, 5) is 4.03. The van der Waals surface area contributed by atoms with Crippen LogP contribution in [0.25, 0.3) is 0 Å². The molecule has 1 aromatic heterocycles. The van der Waals surface area contributed by atoms with Crippen molar-refractivity contribution in [1.29, 1.82) is 0 Å². The molecule has 0 saturated carbocycles. The molecule has 0 unspecified atom stereocenters. The van der Waals surface area contributed by atoms with Crippen LogP contribution >= 0.6 is 15.9 Å². The van der Waals surface area contributed by atoms with E-state index in [0.29, 0.717) is 0 Å². The Kier molecular flexibility index (Phi) is 3.52. The minimum Gasteiger partial charge on any atom is -0.330 e. The lowest BCUT2D eigenvalue weighted by molar-refractivity contribution is 0.826. The van der Waals surface area contributed by atoms with E-state index in [1.54, 1.807) is 6.20 Å². The molecule has 0 aliphatic carbocycles. The van der Waals surface area contributed by atoms with E-state index in [4.69, 9.17) is 5.73 Å². The summed E-state index contributed by atoms with van der Waals surface area (Å²) in [5.41, 5.74) is 6.62. The third kappa shape index (κ3) is 2.60. The van der Waals surface area contributed by atoms with Gasteiger partial charge in [-0.05, 0) is 31.0 Å². The van der Waals surface area contributed by atoms with Gasteiger partial charge >= 0.3 is 0 Å². The molecule has 2 N–H and O–H groups in total. The van der Waals surface area contributed by atoms with Gasteiger partial charge in [0.2, 0.25) is 0 Å². The lowest BCUT2D eigenvalue weighted by Gasteiger charge is -2.00. The fourth-order valence-corrected chi connectivity index (χ4v) is 1.31. The van der Waals surface area contributed by atoms with Crippen LogP contribution in [0, 0.1) is 0 Å². The summed E-state index contributed by atoms with van der Waals surface area (Å²) in [5, 5.41) is 0. The molecule has 0 aliphatic rings. The second-order valence-corrected chi connectivity index (χ2v) is 3.21. The Morgan fingerprint density at radius 3 is 3.00 bits per heavy atom. The van der Waals surface area contributed by atoms with Gasteiger partial charge in [0.1, 0.15) is 0 Å². The van der Waals surface area contributed by atoms with Crippen molar-refractivity contribution in [1.82, 2.24) is 4.98 Å². The molecule has 3 heteroatoms. The molecule has 0 aliphatic heterocycles.